The lowest BCUT2D eigenvalue weighted by atomic mass is 9.91. The molecule has 0 bridgehead atoms. The number of nitrogens with zero attached hydrogens (tertiary/aromatic N) is 2. The zero-order valence-electron chi connectivity index (χ0n) is 22.4. The van der Waals surface area contributed by atoms with Gasteiger partial charge in [0.05, 0.1) is 19.2 Å². The van der Waals surface area contributed by atoms with Crippen LogP contribution in [0.4, 0.5) is 0 Å². The third kappa shape index (κ3) is 10.8. The number of piperidine rings is 1. The second-order valence-corrected chi connectivity index (χ2v) is 9.55. The van der Waals surface area contributed by atoms with Crippen LogP contribution in [0.25, 0.3) is 0 Å². The van der Waals surface area contributed by atoms with Gasteiger partial charge in [0.15, 0.2) is 11.6 Å². The highest BCUT2D eigenvalue weighted by atomic mass is 16.5. The molecule has 37 heavy (non-hydrogen) atoms. The monoisotopic (exact) mass is 515 g/mol. The fourth-order valence-corrected chi connectivity index (χ4v) is 4.57. The summed E-state index contributed by atoms with van der Waals surface area (Å²) in [5, 5.41) is 2.63. The Balaban J connectivity index is 1.93. The molecule has 0 saturated carbocycles. The molecule has 2 rings (SSSR count). The van der Waals surface area contributed by atoms with E-state index in [0.717, 1.165) is 38.9 Å². The zero-order chi connectivity index (χ0) is 27.2. The standard InChI is InChI=1S/C28H41N3O6/c1-4-30-17-14-22(15-18-30)12-13-24(33)20-31-16-8-9-23(28(31)36)19-26(34)25(29-21(3)32)10-6-7-11-27(35)37-5-2/h7-9,11,16,22,25H,4-6,10,12-15,17-20H2,1-3H3,(H,29,32)/b11-7+/t25-/m0/s1. The first-order valence-corrected chi connectivity index (χ1v) is 13.3. The Bertz CT molecular complexity index is 1010. The smallest absolute Gasteiger partial charge is 0.330 e. The first-order valence-electron chi connectivity index (χ1n) is 13.3. The van der Waals surface area contributed by atoms with Crippen molar-refractivity contribution in [3.8, 4) is 0 Å². The highest BCUT2D eigenvalue weighted by Crippen LogP contribution is 2.21. The number of Topliss-reactive ketones (excluding diaryl/α,β-unsaturated/α-hetero) is 2. The predicted molar refractivity (Wildman–Crippen MR) is 141 cm³/mol. The highest BCUT2D eigenvalue weighted by molar-refractivity contribution is 5.90. The number of likely N-dealkylation sites (tertiary alicyclic amines) is 1. The Kier molecular flexibility index (Phi) is 13.0. The molecule has 0 unspecified atom stereocenters. The molecular formula is C28H41N3O6. The Hall–Kier alpha value is -3.07. The quantitative estimate of drug-likeness (QED) is 0.282. The van der Waals surface area contributed by atoms with Crippen molar-refractivity contribution in [2.24, 2.45) is 5.92 Å². The molecule has 0 radical (unpaired) electrons. The molecule has 1 amide bonds. The van der Waals surface area contributed by atoms with Crippen LogP contribution in [0.15, 0.2) is 35.3 Å². The van der Waals surface area contributed by atoms with Gasteiger partial charge in [-0.3, -0.25) is 19.2 Å². The maximum Gasteiger partial charge on any atom is 0.330 e. The number of aromatic nitrogens is 1. The van der Waals surface area contributed by atoms with Crippen LogP contribution in [0.2, 0.25) is 0 Å². The number of carbonyl (C=O) groups is 4. The molecule has 1 aliphatic rings. The summed E-state index contributed by atoms with van der Waals surface area (Å²) in [5.74, 6) is -0.576. The van der Waals surface area contributed by atoms with Gasteiger partial charge in [0, 0.05) is 37.6 Å². The summed E-state index contributed by atoms with van der Waals surface area (Å²) in [6, 6.07) is 2.44. The van der Waals surface area contributed by atoms with Gasteiger partial charge in [0.25, 0.3) is 5.56 Å². The van der Waals surface area contributed by atoms with Crippen LogP contribution in [-0.2, 0) is 36.9 Å². The second kappa shape index (κ2) is 15.9. The largest absolute Gasteiger partial charge is 0.463 e. The van der Waals surface area contributed by atoms with Gasteiger partial charge < -0.3 is 19.5 Å². The number of pyridine rings is 1. The number of rotatable bonds is 15. The van der Waals surface area contributed by atoms with Crippen molar-refractivity contribution >= 4 is 23.4 Å². The zero-order valence-corrected chi connectivity index (χ0v) is 22.4. The lowest BCUT2D eigenvalue weighted by Crippen LogP contribution is -2.41. The van der Waals surface area contributed by atoms with Crippen molar-refractivity contribution in [3.63, 3.8) is 0 Å². The molecule has 1 N–H and O–H groups in total. The third-order valence-corrected chi connectivity index (χ3v) is 6.72. The average Bonchev–Trinajstić information content (AvgIpc) is 2.87. The normalized spacial score (nSPS) is 15.4. The Labute approximate surface area is 219 Å². The summed E-state index contributed by atoms with van der Waals surface area (Å²) >= 11 is 0. The van der Waals surface area contributed by atoms with Gasteiger partial charge in [0.1, 0.15) is 0 Å². The number of ketones is 2. The number of ether oxygens (including phenoxy) is 1. The lowest BCUT2D eigenvalue weighted by molar-refractivity contribution is -0.137. The number of hydrogen-bond donors (Lipinski definition) is 1. The fraction of sp³-hybridized carbons (Fsp3) is 0.607. The van der Waals surface area contributed by atoms with E-state index in [2.05, 4.69) is 17.1 Å². The number of esters is 1. The number of allylic oxidation sites excluding steroid dienone is 1. The third-order valence-electron chi connectivity index (χ3n) is 6.72. The molecule has 1 aliphatic heterocycles. The summed E-state index contributed by atoms with van der Waals surface area (Å²) in [7, 11) is 0. The molecule has 0 aliphatic carbocycles. The summed E-state index contributed by atoms with van der Waals surface area (Å²) < 4.78 is 6.18. The molecule has 2 heterocycles. The van der Waals surface area contributed by atoms with Crippen LogP contribution in [0.3, 0.4) is 0 Å². The van der Waals surface area contributed by atoms with Crippen molar-refractivity contribution in [1.29, 1.82) is 0 Å². The molecule has 1 fully saturated rings. The predicted octanol–water partition coefficient (Wildman–Crippen LogP) is 2.45. The van der Waals surface area contributed by atoms with Crippen molar-refractivity contribution in [2.45, 2.75) is 78.3 Å². The Morgan fingerprint density at radius 3 is 2.57 bits per heavy atom. The SMILES string of the molecule is CCOC(=O)/C=C/CC[C@H](NC(C)=O)C(=O)Cc1cccn(CC(=O)CCC2CCN(CC)CC2)c1=O. The molecule has 0 aromatic carbocycles. The van der Waals surface area contributed by atoms with E-state index in [1.165, 1.54) is 17.6 Å². The van der Waals surface area contributed by atoms with Gasteiger partial charge in [-0.25, -0.2) is 4.79 Å². The van der Waals surface area contributed by atoms with Gasteiger partial charge in [-0.05, 0) is 70.6 Å². The number of hydrogen-bond acceptors (Lipinski definition) is 7. The molecular weight excluding hydrogens is 474 g/mol. The second-order valence-electron chi connectivity index (χ2n) is 9.55. The lowest BCUT2D eigenvalue weighted by Gasteiger charge is -2.30. The Morgan fingerprint density at radius 2 is 1.92 bits per heavy atom. The van der Waals surface area contributed by atoms with E-state index in [0.29, 0.717) is 18.8 Å². The van der Waals surface area contributed by atoms with Crippen LogP contribution in [-0.4, -0.2) is 65.2 Å². The van der Waals surface area contributed by atoms with E-state index in [4.69, 9.17) is 4.74 Å². The molecule has 0 spiro atoms. The van der Waals surface area contributed by atoms with Gasteiger partial charge >= 0.3 is 5.97 Å². The van der Waals surface area contributed by atoms with E-state index in [1.807, 2.05) is 0 Å². The summed E-state index contributed by atoms with van der Waals surface area (Å²) in [6.45, 7) is 8.67. The van der Waals surface area contributed by atoms with Gasteiger partial charge in [-0.15, -0.1) is 0 Å². The maximum atomic E-state index is 13.0. The summed E-state index contributed by atoms with van der Waals surface area (Å²) in [6.07, 6.45) is 8.44. The average molecular weight is 516 g/mol. The minimum Gasteiger partial charge on any atom is -0.463 e. The number of amides is 1. The molecule has 1 saturated heterocycles. The minimum atomic E-state index is -0.793. The molecule has 9 nitrogen and oxygen atoms in total. The molecule has 1 atom stereocenters. The highest BCUT2D eigenvalue weighted by Gasteiger charge is 2.22. The van der Waals surface area contributed by atoms with Crippen LogP contribution in [0, 0.1) is 5.92 Å². The van der Waals surface area contributed by atoms with E-state index in [1.54, 1.807) is 31.3 Å². The first kappa shape index (κ1) is 30.2. The van der Waals surface area contributed by atoms with E-state index in [9.17, 15) is 24.0 Å². The maximum absolute atomic E-state index is 13.0. The molecule has 204 valence electrons. The van der Waals surface area contributed by atoms with Gasteiger partial charge in [0.2, 0.25) is 5.91 Å². The van der Waals surface area contributed by atoms with Crippen LogP contribution in [0.5, 0.6) is 0 Å². The summed E-state index contributed by atoms with van der Waals surface area (Å²) in [5.41, 5.74) is -0.0890. The van der Waals surface area contributed by atoms with Crippen molar-refractivity contribution < 1.29 is 23.9 Å². The van der Waals surface area contributed by atoms with Crippen LogP contribution >= 0.6 is 0 Å². The van der Waals surface area contributed by atoms with E-state index < -0.39 is 12.0 Å². The van der Waals surface area contributed by atoms with Crippen molar-refractivity contribution in [2.75, 3.05) is 26.2 Å². The van der Waals surface area contributed by atoms with E-state index >= 15 is 0 Å². The Morgan fingerprint density at radius 1 is 1.19 bits per heavy atom. The van der Waals surface area contributed by atoms with Crippen LogP contribution in [0.1, 0.15) is 64.9 Å². The molecule has 1 aromatic rings. The minimum absolute atomic E-state index is 0.00741. The topological polar surface area (TPSA) is 115 Å². The summed E-state index contributed by atoms with van der Waals surface area (Å²) in [4.78, 5) is 64.0. The van der Waals surface area contributed by atoms with E-state index in [-0.39, 0.29) is 54.6 Å². The van der Waals surface area contributed by atoms with Gasteiger partial charge in [-0.2, -0.15) is 0 Å². The molecule has 9 heteroatoms. The first-order chi connectivity index (χ1) is 17.7. The molecule has 1 aromatic heterocycles. The van der Waals surface area contributed by atoms with Crippen LogP contribution < -0.4 is 10.9 Å². The number of carbonyl (C=O) groups excluding carboxylic acids is 4. The van der Waals surface area contributed by atoms with Crippen molar-refractivity contribution in [1.82, 2.24) is 14.8 Å². The van der Waals surface area contributed by atoms with Gasteiger partial charge in [-0.1, -0.05) is 19.1 Å². The fourth-order valence-electron chi connectivity index (χ4n) is 4.57. The number of nitrogens with one attached hydrogen (secondary N) is 1. The van der Waals surface area contributed by atoms with Crippen molar-refractivity contribution in [3.05, 3.63) is 46.4 Å².